The monoisotopic (exact) mass is 328 g/mol. The second kappa shape index (κ2) is 5.11. The van der Waals surface area contributed by atoms with Gasteiger partial charge in [0.15, 0.2) is 0 Å². The molecule has 0 bridgehead atoms. The van der Waals surface area contributed by atoms with Gasteiger partial charge in [-0.3, -0.25) is 0 Å². The maximum absolute atomic E-state index is 13.6. The third-order valence-electron chi connectivity index (χ3n) is 2.92. The van der Waals surface area contributed by atoms with Crippen LogP contribution < -0.4 is 0 Å². The van der Waals surface area contributed by atoms with Crippen LogP contribution in [0, 0.1) is 26.6 Å². The average molecular weight is 329 g/mol. The van der Waals surface area contributed by atoms with Crippen molar-refractivity contribution in [3.63, 3.8) is 0 Å². The van der Waals surface area contributed by atoms with E-state index in [-0.39, 0.29) is 5.82 Å². The molecule has 2 aromatic rings. The highest BCUT2D eigenvalue weighted by atomic mass is 79.9. The summed E-state index contributed by atoms with van der Waals surface area (Å²) in [4.78, 5) is 0.866. The summed E-state index contributed by atoms with van der Waals surface area (Å²) < 4.78 is 14.6. The Morgan fingerprint density at radius 2 is 1.67 bits per heavy atom. The van der Waals surface area contributed by atoms with E-state index in [0.717, 1.165) is 19.8 Å². The number of hydrogen-bond donors (Lipinski definition) is 1. The second-order valence-corrected chi connectivity index (χ2v) is 6.88. The Morgan fingerprint density at radius 3 is 2.11 bits per heavy atom. The number of aryl methyl sites for hydroxylation is 3. The first-order chi connectivity index (χ1) is 8.40. The smallest absolute Gasteiger partial charge is 0.129 e. The molecule has 0 saturated heterocycles. The number of benzene rings is 1. The van der Waals surface area contributed by atoms with Gasteiger partial charge in [-0.2, -0.15) is 0 Å². The molecule has 96 valence electrons. The molecule has 0 aliphatic rings. The fourth-order valence-electron chi connectivity index (χ4n) is 1.92. The van der Waals surface area contributed by atoms with Crippen LogP contribution in [0.1, 0.15) is 33.2 Å². The number of halogens is 2. The molecule has 1 N–H and O–H groups in total. The highest BCUT2D eigenvalue weighted by Crippen LogP contribution is 2.35. The van der Waals surface area contributed by atoms with E-state index in [1.807, 2.05) is 13.0 Å². The molecule has 1 nitrogen and oxygen atoms in total. The number of aliphatic hydroxyl groups is 1. The molecule has 0 amide bonds. The summed E-state index contributed by atoms with van der Waals surface area (Å²) in [6, 6.07) is 5.36. The molecule has 1 heterocycles. The zero-order valence-electron chi connectivity index (χ0n) is 10.4. The summed E-state index contributed by atoms with van der Waals surface area (Å²) in [6.45, 7) is 5.42. The molecule has 0 aliphatic carbocycles. The fraction of sp³-hybridized carbons (Fsp3) is 0.286. The maximum atomic E-state index is 13.6. The highest BCUT2D eigenvalue weighted by molar-refractivity contribution is 9.11. The lowest BCUT2D eigenvalue weighted by atomic mass is 10.0. The van der Waals surface area contributed by atoms with Crippen LogP contribution in [0.15, 0.2) is 22.0 Å². The van der Waals surface area contributed by atoms with Crippen molar-refractivity contribution in [3.05, 3.63) is 54.9 Å². The first-order valence-corrected chi connectivity index (χ1v) is 7.21. The van der Waals surface area contributed by atoms with E-state index in [1.165, 1.54) is 11.3 Å². The van der Waals surface area contributed by atoms with Gasteiger partial charge in [0, 0.05) is 4.88 Å². The predicted octanol–water partition coefficient (Wildman–Crippen LogP) is 4.66. The van der Waals surface area contributed by atoms with E-state index in [9.17, 15) is 9.50 Å². The van der Waals surface area contributed by atoms with Crippen LogP contribution in [0.3, 0.4) is 0 Å². The van der Waals surface area contributed by atoms with Gasteiger partial charge in [0.2, 0.25) is 0 Å². The van der Waals surface area contributed by atoms with Crippen LogP contribution >= 0.6 is 27.3 Å². The number of thiophene rings is 1. The largest absolute Gasteiger partial charge is 0.383 e. The van der Waals surface area contributed by atoms with Crippen molar-refractivity contribution in [1.29, 1.82) is 0 Å². The van der Waals surface area contributed by atoms with E-state index in [1.54, 1.807) is 26.0 Å². The summed E-state index contributed by atoms with van der Waals surface area (Å²) in [6.07, 6.45) is -0.696. The van der Waals surface area contributed by atoms with Crippen molar-refractivity contribution in [2.75, 3.05) is 0 Å². The summed E-state index contributed by atoms with van der Waals surface area (Å²) in [5, 5.41) is 10.3. The first-order valence-electron chi connectivity index (χ1n) is 5.60. The number of rotatable bonds is 2. The quantitative estimate of drug-likeness (QED) is 0.850. The molecule has 0 fully saturated rings. The van der Waals surface area contributed by atoms with Gasteiger partial charge in [-0.15, -0.1) is 11.3 Å². The van der Waals surface area contributed by atoms with Crippen molar-refractivity contribution in [2.24, 2.45) is 0 Å². The highest BCUT2D eigenvalue weighted by Gasteiger charge is 2.16. The molecule has 1 aromatic carbocycles. The van der Waals surface area contributed by atoms with Crippen molar-refractivity contribution < 1.29 is 9.50 Å². The minimum atomic E-state index is -0.696. The van der Waals surface area contributed by atoms with Crippen molar-refractivity contribution in [2.45, 2.75) is 26.9 Å². The topological polar surface area (TPSA) is 20.2 Å². The Hall–Kier alpha value is -0.710. The van der Waals surface area contributed by atoms with Crippen molar-refractivity contribution in [1.82, 2.24) is 0 Å². The zero-order chi connectivity index (χ0) is 13.4. The van der Waals surface area contributed by atoms with Crippen molar-refractivity contribution >= 4 is 27.3 Å². The van der Waals surface area contributed by atoms with Crippen LogP contribution in [0.25, 0.3) is 0 Å². The first kappa shape index (κ1) is 13.7. The molecule has 2 rings (SSSR count). The van der Waals surface area contributed by atoms with Gasteiger partial charge in [0.1, 0.15) is 11.9 Å². The van der Waals surface area contributed by atoms with E-state index in [2.05, 4.69) is 15.9 Å². The van der Waals surface area contributed by atoms with Crippen LogP contribution in [-0.2, 0) is 0 Å². The molecule has 0 aliphatic heterocycles. The molecule has 1 unspecified atom stereocenters. The average Bonchev–Trinajstić information content (AvgIpc) is 2.65. The van der Waals surface area contributed by atoms with Crippen molar-refractivity contribution in [3.8, 4) is 0 Å². The van der Waals surface area contributed by atoms with Crippen LogP contribution in [0.2, 0.25) is 0 Å². The minimum Gasteiger partial charge on any atom is -0.383 e. The van der Waals surface area contributed by atoms with Gasteiger partial charge < -0.3 is 5.11 Å². The Morgan fingerprint density at radius 1 is 1.11 bits per heavy atom. The third kappa shape index (κ3) is 2.51. The normalized spacial score (nSPS) is 12.8. The number of aliphatic hydroxyl groups excluding tert-OH is 1. The minimum absolute atomic E-state index is 0.200. The van der Waals surface area contributed by atoms with E-state index < -0.39 is 6.10 Å². The molecule has 1 aromatic heterocycles. The summed E-state index contributed by atoms with van der Waals surface area (Å²) in [5.41, 5.74) is 2.97. The predicted molar refractivity (Wildman–Crippen MR) is 76.7 cm³/mol. The van der Waals surface area contributed by atoms with E-state index in [4.69, 9.17) is 0 Å². The standard InChI is InChI=1S/C14H14BrFOS/c1-7-4-10(5-8(2)12(7)16)13(17)11-6-9(3)14(15)18-11/h4-6,13,17H,1-3H3. The Labute approximate surface area is 118 Å². The lowest BCUT2D eigenvalue weighted by molar-refractivity contribution is 0.224. The lowest BCUT2D eigenvalue weighted by Crippen LogP contribution is -2.00. The van der Waals surface area contributed by atoms with Crippen LogP contribution in [-0.4, -0.2) is 5.11 Å². The molecule has 4 heteroatoms. The summed E-state index contributed by atoms with van der Waals surface area (Å²) in [7, 11) is 0. The molecule has 0 spiro atoms. The van der Waals surface area contributed by atoms with Gasteiger partial charge in [-0.05, 0) is 65.0 Å². The van der Waals surface area contributed by atoms with E-state index >= 15 is 0 Å². The SMILES string of the molecule is Cc1cc(C(O)c2cc(C)c(F)c(C)c2)sc1Br. The Bertz CT molecular complexity index is 549. The maximum Gasteiger partial charge on any atom is 0.129 e. The third-order valence-corrected chi connectivity index (χ3v) is 5.11. The van der Waals surface area contributed by atoms with Gasteiger partial charge >= 0.3 is 0 Å². The Balaban J connectivity index is 2.42. The zero-order valence-corrected chi connectivity index (χ0v) is 12.8. The van der Waals surface area contributed by atoms with Gasteiger partial charge in [0.05, 0.1) is 3.79 Å². The lowest BCUT2D eigenvalue weighted by Gasteiger charge is -2.12. The van der Waals surface area contributed by atoms with Gasteiger partial charge in [0.25, 0.3) is 0 Å². The molecule has 0 saturated carbocycles. The number of hydrogen-bond acceptors (Lipinski definition) is 2. The summed E-state index contributed by atoms with van der Waals surface area (Å²) >= 11 is 4.95. The molecular formula is C14H14BrFOS. The molecule has 18 heavy (non-hydrogen) atoms. The molecule has 1 atom stereocenters. The van der Waals surface area contributed by atoms with Gasteiger partial charge in [-0.25, -0.2) is 4.39 Å². The van der Waals surface area contributed by atoms with Gasteiger partial charge in [-0.1, -0.05) is 12.1 Å². The fourth-order valence-corrected chi connectivity index (χ4v) is 3.51. The Kier molecular flexibility index (Phi) is 3.90. The molecular weight excluding hydrogens is 315 g/mol. The second-order valence-electron chi connectivity index (χ2n) is 4.48. The molecule has 0 radical (unpaired) electrons. The van der Waals surface area contributed by atoms with E-state index in [0.29, 0.717) is 11.1 Å². The summed E-state index contributed by atoms with van der Waals surface area (Å²) in [5.74, 6) is -0.200. The van der Waals surface area contributed by atoms with Crippen LogP contribution in [0.4, 0.5) is 4.39 Å². The van der Waals surface area contributed by atoms with Crippen LogP contribution in [0.5, 0.6) is 0 Å².